The van der Waals surface area contributed by atoms with Gasteiger partial charge in [-0.05, 0) is 24.3 Å². The van der Waals surface area contributed by atoms with Gasteiger partial charge in [-0.25, -0.2) is 13.6 Å². The Morgan fingerprint density at radius 1 is 1.16 bits per heavy atom. The number of hydrogen-bond acceptors (Lipinski definition) is 4. The van der Waals surface area contributed by atoms with Crippen LogP contribution in [0.3, 0.4) is 0 Å². The molecule has 2 aromatic carbocycles. The smallest absolute Gasteiger partial charge is 0.343 e. The Bertz CT molecular complexity index is 882. The fourth-order valence-corrected chi connectivity index (χ4v) is 2.33. The number of para-hydroxylation sites is 1. The number of benzene rings is 2. The van der Waals surface area contributed by atoms with E-state index in [9.17, 15) is 18.7 Å². The lowest BCUT2D eigenvalue weighted by molar-refractivity contribution is -0.135. The van der Waals surface area contributed by atoms with E-state index in [0.717, 1.165) is 25.5 Å². The van der Waals surface area contributed by atoms with E-state index in [0.29, 0.717) is 0 Å². The van der Waals surface area contributed by atoms with Crippen molar-refractivity contribution in [2.75, 3.05) is 7.11 Å². The molecule has 4 nitrogen and oxygen atoms in total. The van der Waals surface area contributed by atoms with Gasteiger partial charge in [0.2, 0.25) is 0 Å². The second kappa shape index (κ2) is 8.09. The van der Waals surface area contributed by atoms with Crippen molar-refractivity contribution in [2.24, 2.45) is 4.99 Å². The van der Waals surface area contributed by atoms with Crippen molar-refractivity contribution in [3.63, 3.8) is 0 Å². The summed E-state index contributed by atoms with van der Waals surface area (Å²) in [7, 11) is 1.08. The first kappa shape index (κ1) is 18.9. The van der Waals surface area contributed by atoms with Crippen LogP contribution in [0.15, 0.2) is 47.0 Å². The number of aliphatic hydroxyl groups excluding tert-OH is 1. The molecule has 0 spiro atoms. The van der Waals surface area contributed by atoms with Crippen molar-refractivity contribution in [2.45, 2.75) is 0 Å². The largest absolute Gasteiger partial charge is 0.506 e. The van der Waals surface area contributed by atoms with E-state index in [-0.39, 0.29) is 21.3 Å². The molecule has 25 heavy (non-hydrogen) atoms. The molecule has 0 aliphatic heterocycles. The maximum atomic E-state index is 13.6. The van der Waals surface area contributed by atoms with E-state index in [2.05, 4.69) is 9.73 Å². The van der Waals surface area contributed by atoms with E-state index < -0.39 is 28.9 Å². The molecule has 2 aromatic rings. The topological polar surface area (TPSA) is 58.9 Å². The standard InChI is InChI=1S/C17H11Cl2F2NO3/c1-25-17(24)10(8-22-15-5-3-2-4-13(15)20)16(23)9-6-14(21)12(19)7-11(9)18/h2-8,23H,1H3/b16-10-,22-8?. The van der Waals surface area contributed by atoms with Crippen LogP contribution in [0.2, 0.25) is 10.0 Å². The molecule has 8 heteroatoms. The monoisotopic (exact) mass is 385 g/mol. The number of methoxy groups -OCH3 is 1. The van der Waals surface area contributed by atoms with Crippen LogP contribution in [0.25, 0.3) is 5.76 Å². The van der Waals surface area contributed by atoms with Gasteiger partial charge in [0.1, 0.15) is 23.0 Å². The van der Waals surface area contributed by atoms with Crippen LogP contribution < -0.4 is 0 Å². The van der Waals surface area contributed by atoms with Gasteiger partial charge in [0.25, 0.3) is 0 Å². The quantitative estimate of drug-likeness (QED) is 0.261. The van der Waals surface area contributed by atoms with Gasteiger partial charge in [0.05, 0.1) is 22.8 Å². The third-order valence-corrected chi connectivity index (χ3v) is 3.71. The summed E-state index contributed by atoms with van der Waals surface area (Å²) in [5, 5.41) is 9.98. The van der Waals surface area contributed by atoms with Crippen molar-refractivity contribution in [1.82, 2.24) is 0 Å². The summed E-state index contributed by atoms with van der Waals surface area (Å²) >= 11 is 11.5. The van der Waals surface area contributed by atoms with Crippen LogP contribution in [-0.2, 0) is 9.53 Å². The molecule has 0 aliphatic carbocycles. The third kappa shape index (κ3) is 4.35. The molecule has 0 bridgehead atoms. The summed E-state index contributed by atoms with van der Waals surface area (Å²) in [5.74, 6) is -3.13. The molecule has 0 amide bonds. The molecule has 0 saturated carbocycles. The van der Waals surface area contributed by atoms with E-state index in [1.807, 2.05) is 0 Å². The maximum Gasteiger partial charge on any atom is 0.343 e. The Balaban J connectivity index is 2.57. The lowest BCUT2D eigenvalue weighted by Gasteiger charge is -2.08. The molecule has 1 N–H and O–H groups in total. The first-order valence-electron chi connectivity index (χ1n) is 6.80. The first-order valence-corrected chi connectivity index (χ1v) is 7.55. The van der Waals surface area contributed by atoms with Crippen molar-refractivity contribution in [3.05, 3.63) is 69.2 Å². The average Bonchev–Trinajstić information content (AvgIpc) is 2.59. The van der Waals surface area contributed by atoms with E-state index in [1.165, 1.54) is 18.2 Å². The fourth-order valence-electron chi connectivity index (χ4n) is 1.86. The summed E-state index contributed by atoms with van der Waals surface area (Å²) in [4.78, 5) is 15.7. The van der Waals surface area contributed by atoms with Gasteiger partial charge in [0.15, 0.2) is 0 Å². The van der Waals surface area contributed by atoms with Crippen LogP contribution in [0, 0.1) is 11.6 Å². The fraction of sp³-hybridized carbons (Fsp3) is 0.0588. The number of hydrogen-bond donors (Lipinski definition) is 1. The van der Waals surface area contributed by atoms with Gasteiger partial charge in [-0.2, -0.15) is 0 Å². The Hall–Kier alpha value is -2.44. The number of esters is 1. The number of aliphatic imine (C=N–C) groups is 1. The third-order valence-electron chi connectivity index (χ3n) is 3.11. The first-order chi connectivity index (χ1) is 11.8. The Morgan fingerprint density at radius 3 is 2.48 bits per heavy atom. The summed E-state index contributed by atoms with van der Waals surface area (Å²) < 4.78 is 31.8. The van der Waals surface area contributed by atoms with Gasteiger partial charge < -0.3 is 9.84 Å². The Kier molecular flexibility index (Phi) is 6.12. The maximum absolute atomic E-state index is 13.6. The van der Waals surface area contributed by atoms with Gasteiger partial charge >= 0.3 is 5.97 Å². The average molecular weight is 386 g/mol. The van der Waals surface area contributed by atoms with E-state index in [4.69, 9.17) is 23.2 Å². The van der Waals surface area contributed by atoms with Gasteiger partial charge in [0, 0.05) is 11.8 Å². The zero-order valence-corrected chi connectivity index (χ0v) is 14.3. The number of rotatable bonds is 4. The highest BCUT2D eigenvalue weighted by Crippen LogP contribution is 2.30. The molecule has 130 valence electrons. The number of aliphatic hydroxyl groups is 1. The second-order valence-corrected chi connectivity index (χ2v) is 5.52. The Morgan fingerprint density at radius 2 is 1.84 bits per heavy atom. The van der Waals surface area contributed by atoms with Gasteiger partial charge in [-0.15, -0.1) is 0 Å². The predicted octanol–water partition coefficient (Wildman–Crippen LogP) is 5.12. The van der Waals surface area contributed by atoms with Gasteiger partial charge in [-0.1, -0.05) is 35.3 Å². The van der Waals surface area contributed by atoms with Crippen molar-refractivity contribution in [3.8, 4) is 0 Å². The zero-order chi connectivity index (χ0) is 18.6. The molecule has 2 rings (SSSR count). The second-order valence-electron chi connectivity index (χ2n) is 4.71. The normalized spacial score (nSPS) is 12.2. The summed E-state index contributed by atoms with van der Waals surface area (Å²) in [6.45, 7) is 0. The molecular formula is C17H11Cl2F2NO3. The minimum Gasteiger partial charge on any atom is -0.506 e. The molecule has 0 atom stereocenters. The van der Waals surface area contributed by atoms with Crippen molar-refractivity contribution < 1.29 is 23.4 Å². The molecule has 0 fully saturated rings. The minimum absolute atomic E-state index is 0.0647. The molecule has 0 saturated heterocycles. The molecule has 0 unspecified atom stereocenters. The van der Waals surface area contributed by atoms with Crippen LogP contribution in [-0.4, -0.2) is 24.4 Å². The van der Waals surface area contributed by atoms with Crippen molar-refractivity contribution >= 4 is 46.8 Å². The van der Waals surface area contributed by atoms with Crippen LogP contribution in [0.1, 0.15) is 5.56 Å². The lowest BCUT2D eigenvalue weighted by atomic mass is 10.1. The minimum atomic E-state index is -0.969. The zero-order valence-electron chi connectivity index (χ0n) is 12.8. The predicted molar refractivity (Wildman–Crippen MR) is 92.5 cm³/mol. The van der Waals surface area contributed by atoms with Crippen LogP contribution in [0.4, 0.5) is 14.5 Å². The Labute approximate surface area is 152 Å². The number of nitrogens with zero attached hydrogens (tertiary/aromatic N) is 1. The van der Waals surface area contributed by atoms with Gasteiger partial charge in [-0.3, -0.25) is 4.99 Å². The highest BCUT2D eigenvalue weighted by molar-refractivity contribution is 6.36. The summed E-state index contributed by atoms with van der Waals surface area (Å²) in [6, 6.07) is 7.50. The van der Waals surface area contributed by atoms with Crippen LogP contribution in [0.5, 0.6) is 0 Å². The van der Waals surface area contributed by atoms with Crippen LogP contribution >= 0.6 is 23.2 Å². The SMILES string of the molecule is COC(=O)/C(C=Nc1ccccc1F)=C(\O)c1cc(F)c(Cl)cc1Cl. The number of carbonyl (C=O) groups excluding carboxylic acids is 1. The highest BCUT2D eigenvalue weighted by Gasteiger charge is 2.19. The van der Waals surface area contributed by atoms with Crippen molar-refractivity contribution in [1.29, 1.82) is 0 Å². The summed E-state index contributed by atoms with van der Waals surface area (Å²) in [6.07, 6.45) is 0.905. The van der Waals surface area contributed by atoms with E-state index >= 15 is 0 Å². The lowest BCUT2D eigenvalue weighted by Crippen LogP contribution is -2.09. The number of halogens is 4. The molecule has 0 heterocycles. The number of carbonyl (C=O) groups is 1. The molecule has 0 aliphatic rings. The van der Waals surface area contributed by atoms with E-state index in [1.54, 1.807) is 6.07 Å². The molecule has 0 radical (unpaired) electrons. The molecule has 0 aromatic heterocycles. The number of ether oxygens (including phenoxy) is 1. The summed E-state index contributed by atoms with van der Waals surface area (Å²) in [5.41, 5.74) is -0.691. The highest BCUT2D eigenvalue weighted by atomic mass is 35.5. The molecular weight excluding hydrogens is 375 g/mol.